The predicted octanol–water partition coefficient (Wildman–Crippen LogP) is -1.80. The minimum absolute atomic E-state index is 0. The zero-order valence-electron chi connectivity index (χ0n) is 6.95. The second kappa shape index (κ2) is 15.0. The Kier molecular flexibility index (Phi) is 29.3. The third-order valence-electron chi connectivity index (χ3n) is 0.366. The SMILES string of the molecule is O.O=C(O)C(=O)O.O=C(O)C(=O)O.[NH2-].[Nb]. The van der Waals surface area contributed by atoms with Gasteiger partial charge in [-0.3, -0.25) is 0 Å². The average Bonchev–Trinajstić information content (AvgIpc) is 1.88. The van der Waals surface area contributed by atoms with E-state index in [0.29, 0.717) is 0 Å². The van der Waals surface area contributed by atoms with Gasteiger partial charge in [0, 0.05) is 22.4 Å². The van der Waals surface area contributed by atoms with Crippen molar-refractivity contribution < 1.29 is 67.5 Å². The molecule has 0 fully saturated rings. The van der Waals surface area contributed by atoms with Gasteiger partial charge in [-0.25, -0.2) is 19.2 Å². The predicted molar refractivity (Wildman–Crippen MR) is 39.4 cm³/mol. The van der Waals surface area contributed by atoms with Gasteiger partial charge >= 0.3 is 23.9 Å². The van der Waals surface area contributed by atoms with Crippen molar-refractivity contribution in [1.82, 2.24) is 0 Å². The standard InChI is InChI=1S/2C2H2O4.H2N.Nb.H2O/c2*3-1(4)2(5)6;;;/h2*(H,3,4)(H,5,6);1H2;;1H2/q;;-1;;. The van der Waals surface area contributed by atoms with Crippen LogP contribution in [0.25, 0.3) is 6.15 Å². The molecule has 1 radical (unpaired) electrons. The number of nitrogens with two attached hydrogens (primary N) is 1. The number of carbonyl (C=O) groups is 4. The van der Waals surface area contributed by atoms with Gasteiger partial charge in [0.2, 0.25) is 0 Å². The van der Waals surface area contributed by atoms with Crippen LogP contribution in [-0.2, 0) is 41.6 Å². The Morgan fingerprint density at radius 3 is 0.667 bits per heavy atom. The number of rotatable bonds is 0. The zero-order chi connectivity index (χ0) is 10.3. The first-order valence-corrected chi connectivity index (χ1v) is 2.21. The molecule has 0 aliphatic rings. The molecule has 10 nitrogen and oxygen atoms in total. The van der Waals surface area contributed by atoms with E-state index in [-0.39, 0.29) is 34.0 Å². The van der Waals surface area contributed by atoms with Gasteiger partial charge in [0.15, 0.2) is 0 Å². The first-order chi connectivity index (χ1) is 5.29. The molecule has 0 heterocycles. The molecule has 11 heteroatoms. The van der Waals surface area contributed by atoms with Crippen LogP contribution in [0.2, 0.25) is 0 Å². The monoisotopic (exact) mass is 307 g/mol. The van der Waals surface area contributed by atoms with Gasteiger partial charge in [0.1, 0.15) is 0 Å². The zero-order valence-corrected chi connectivity index (χ0v) is 9.14. The first-order valence-electron chi connectivity index (χ1n) is 2.21. The molecule has 15 heavy (non-hydrogen) atoms. The number of hydrogen-bond donors (Lipinski definition) is 4. The van der Waals surface area contributed by atoms with Crippen LogP contribution in [0, 0.1) is 0 Å². The quantitative estimate of drug-likeness (QED) is 0.295. The summed E-state index contributed by atoms with van der Waals surface area (Å²) in [4.78, 5) is 36.4. The molecule has 0 unspecified atom stereocenters. The second-order valence-corrected chi connectivity index (χ2v) is 1.22. The smallest absolute Gasteiger partial charge is 0.414 e. The van der Waals surface area contributed by atoms with E-state index in [2.05, 4.69) is 0 Å². The van der Waals surface area contributed by atoms with E-state index in [4.69, 9.17) is 39.6 Å². The fourth-order valence-corrected chi connectivity index (χ4v) is 0. The molecule has 0 bridgehead atoms. The third kappa shape index (κ3) is 32.6. The van der Waals surface area contributed by atoms with Crippen LogP contribution in [0.4, 0.5) is 0 Å². The third-order valence-corrected chi connectivity index (χ3v) is 0.366. The van der Waals surface area contributed by atoms with E-state index in [9.17, 15) is 0 Å². The van der Waals surface area contributed by atoms with Crippen molar-refractivity contribution in [1.29, 1.82) is 0 Å². The second-order valence-electron chi connectivity index (χ2n) is 1.22. The van der Waals surface area contributed by atoms with Crippen molar-refractivity contribution >= 4 is 23.9 Å². The number of aliphatic carboxylic acids is 4. The Bertz CT molecular complexity index is 178. The number of carboxylic acids is 4. The van der Waals surface area contributed by atoms with E-state index in [1.54, 1.807) is 0 Å². The molecule has 0 aliphatic carbocycles. The Morgan fingerprint density at radius 2 is 0.667 bits per heavy atom. The van der Waals surface area contributed by atoms with Crippen LogP contribution < -0.4 is 0 Å². The maximum absolute atomic E-state index is 9.10. The molecule has 0 aliphatic heterocycles. The van der Waals surface area contributed by atoms with Crippen molar-refractivity contribution in [3.05, 3.63) is 6.15 Å². The molecular weight excluding hydrogens is 299 g/mol. The van der Waals surface area contributed by atoms with Gasteiger partial charge in [-0.05, 0) is 0 Å². The van der Waals surface area contributed by atoms with Gasteiger partial charge in [-0.2, -0.15) is 0 Å². The minimum Gasteiger partial charge on any atom is -0.693 e. The van der Waals surface area contributed by atoms with Gasteiger partial charge < -0.3 is 32.1 Å². The number of hydrogen-bond acceptors (Lipinski definition) is 4. The van der Waals surface area contributed by atoms with Crippen LogP contribution in [-0.4, -0.2) is 49.8 Å². The molecule has 0 saturated carbocycles. The summed E-state index contributed by atoms with van der Waals surface area (Å²) in [6.07, 6.45) is 0. The summed E-state index contributed by atoms with van der Waals surface area (Å²) in [5.41, 5.74) is 0. The fraction of sp³-hybridized carbons (Fsp3) is 0. The van der Waals surface area contributed by atoms with Gasteiger partial charge in [0.05, 0.1) is 0 Å². The average molecular weight is 307 g/mol. The van der Waals surface area contributed by atoms with E-state index < -0.39 is 23.9 Å². The van der Waals surface area contributed by atoms with Gasteiger partial charge in [0.25, 0.3) is 0 Å². The summed E-state index contributed by atoms with van der Waals surface area (Å²) in [6, 6.07) is 0. The van der Waals surface area contributed by atoms with Crippen molar-refractivity contribution in [3.63, 3.8) is 0 Å². The Labute approximate surface area is 97.9 Å². The van der Waals surface area contributed by atoms with E-state index in [1.807, 2.05) is 0 Å². The van der Waals surface area contributed by atoms with Crippen LogP contribution >= 0.6 is 0 Å². The molecule has 0 rings (SSSR count). The molecule has 0 amide bonds. The van der Waals surface area contributed by atoms with Crippen molar-refractivity contribution in [2.45, 2.75) is 0 Å². The Morgan fingerprint density at radius 1 is 0.600 bits per heavy atom. The summed E-state index contributed by atoms with van der Waals surface area (Å²) in [5, 5.41) is 29.6. The van der Waals surface area contributed by atoms with Crippen LogP contribution in [0.1, 0.15) is 0 Å². The maximum atomic E-state index is 9.10. The van der Waals surface area contributed by atoms with E-state index in [1.165, 1.54) is 0 Å². The molecule has 8 N–H and O–H groups in total. The molecule has 0 atom stereocenters. The Hall–Kier alpha value is -1.46. The maximum Gasteiger partial charge on any atom is 0.414 e. The van der Waals surface area contributed by atoms with Crippen LogP contribution in [0.3, 0.4) is 0 Å². The molecule has 0 aromatic carbocycles. The summed E-state index contributed by atoms with van der Waals surface area (Å²) in [6.45, 7) is 0. The summed E-state index contributed by atoms with van der Waals surface area (Å²) >= 11 is 0. The van der Waals surface area contributed by atoms with Crippen LogP contribution in [0.15, 0.2) is 0 Å². The first kappa shape index (κ1) is 29.2. The van der Waals surface area contributed by atoms with Gasteiger partial charge in [-0.15, -0.1) is 0 Å². The molecule has 0 spiro atoms. The normalized spacial score (nSPS) is 5.87. The van der Waals surface area contributed by atoms with Crippen molar-refractivity contribution in [2.75, 3.05) is 0 Å². The largest absolute Gasteiger partial charge is 0.693 e. The molecule has 0 saturated heterocycles. The topological polar surface area (TPSA) is 214 Å². The van der Waals surface area contributed by atoms with Crippen molar-refractivity contribution in [3.8, 4) is 0 Å². The molecule has 89 valence electrons. The minimum atomic E-state index is -1.82. The van der Waals surface area contributed by atoms with Crippen molar-refractivity contribution in [2.24, 2.45) is 0 Å². The molecule has 0 aromatic rings. The summed E-state index contributed by atoms with van der Waals surface area (Å²) in [7, 11) is 0. The van der Waals surface area contributed by atoms with E-state index in [0.717, 1.165) is 0 Å². The molecular formula is C4H8NNbO9-. The summed E-state index contributed by atoms with van der Waals surface area (Å²) < 4.78 is 0. The Balaban J connectivity index is -0.0000000370. The summed E-state index contributed by atoms with van der Waals surface area (Å²) in [5.74, 6) is -7.30. The fourth-order valence-electron chi connectivity index (χ4n) is 0. The molecule has 0 aromatic heterocycles. The number of carboxylic acid groups (broad SMARTS) is 4. The van der Waals surface area contributed by atoms with Crippen LogP contribution in [0.5, 0.6) is 0 Å². The van der Waals surface area contributed by atoms with Gasteiger partial charge in [-0.1, -0.05) is 0 Å². The van der Waals surface area contributed by atoms with E-state index >= 15 is 0 Å².